The standard InChI is InChI=1S/C10H16O/c1-9(11)10-7-5-3-2-4-6-8-10/h5,7,10H,2-4,6,8H2,1H3/b7-5+. The van der Waals surface area contributed by atoms with Crippen LogP contribution in [0.2, 0.25) is 0 Å². The van der Waals surface area contributed by atoms with Crippen LogP contribution in [0.1, 0.15) is 39.0 Å². The normalized spacial score (nSPS) is 28.6. The van der Waals surface area contributed by atoms with Crippen LogP contribution in [-0.4, -0.2) is 5.78 Å². The molecule has 0 saturated carbocycles. The lowest BCUT2D eigenvalue weighted by molar-refractivity contribution is -0.119. The number of ketones is 1. The summed E-state index contributed by atoms with van der Waals surface area (Å²) in [7, 11) is 0. The second kappa shape index (κ2) is 4.32. The number of carbonyl (C=O) groups is 1. The molecule has 0 aromatic rings. The van der Waals surface area contributed by atoms with Crippen molar-refractivity contribution in [2.75, 3.05) is 0 Å². The average Bonchev–Trinajstić information content (AvgIpc) is 1.84. The van der Waals surface area contributed by atoms with Crippen LogP contribution in [0.25, 0.3) is 0 Å². The van der Waals surface area contributed by atoms with E-state index in [2.05, 4.69) is 12.2 Å². The third-order valence-electron chi connectivity index (χ3n) is 2.28. The van der Waals surface area contributed by atoms with Crippen LogP contribution in [0.5, 0.6) is 0 Å². The van der Waals surface area contributed by atoms with Crippen LogP contribution in [0.4, 0.5) is 0 Å². The molecule has 1 nitrogen and oxygen atoms in total. The molecule has 0 heterocycles. The quantitative estimate of drug-likeness (QED) is 0.528. The Balaban J connectivity index is 2.48. The van der Waals surface area contributed by atoms with Crippen molar-refractivity contribution in [3.05, 3.63) is 12.2 Å². The summed E-state index contributed by atoms with van der Waals surface area (Å²) in [6.07, 6.45) is 10.3. The summed E-state index contributed by atoms with van der Waals surface area (Å²) in [6, 6.07) is 0. The van der Waals surface area contributed by atoms with Gasteiger partial charge in [0, 0.05) is 5.92 Å². The first kappa shape index (κ1) is 8.51. The summed E-state index contributed by atoms with van der Waals surface area (Å²) in [6.45, 7) is 1.69. The fourth-order valence-corrected chi connectivity index (χ4v) is 1.50. The number of hydrogen-bond acceptors (Lipinski definition) is 1. The maximum Gasteiger partial charge on any atom is 0.136 e. The molecule has 0 radical (unpaired) electrons. The minimum absolute atomic E-state index is 0.218. The van der Waals surface area contributed by atoms with Gasteiger partial charge in [-0.2, -0.15) is 0 Å². The fourth-order valence-electron chi connectivity index (χ4n) is 1.50. The Morgan fingerprint density at radius 3 is 2.91 bits per heavy atom. The highest BCUT2D eigenvalue weighted by Gasteiger charge is 2.10. The monoisotopic (exact) mass is 152 g/mol. The van der Waals surface area contributed by atoms with E-state index in [1.54, 1.807) is 6.92 Å². The lowest BCUT2D eigenvalue weighted by Crippen LogP contribution is -2.08. The van der Waals surface area contributed by atoms with E-state index < -0.39 is 0 Å². The minimum Gasteiger partial charge on any atom is -0.299 e. The second-order valence-corrected chi connectivity index (χ2v) is 3.28. The van der Waals surface area contributed by atoms with E-state index >= 15 is 0 Å². The fraction of sp³-hybridized carbons (Fsp3) is 0.700. The van der Waals surface area contributed by atoms with Gasteiger partial charge in [0.2, 0.25) is 0 Å². The topological polar surface area (TPSA) is 17.1 Å². The van der Waals surface area contributed by atoms with Crippen molar-refractivity contribution in [3.63, 3.8) is 0 Å². The van der Waals surface area contributed by atoms with Gasteiger partial charge in [-0.1, -0.05) is 25.0 Å². The summed E-state index contributed by atoms with van der Waals surface area (Å²) in [5, 5.41) is 0. The predicted octanol–water partition coefficient (Wildman–Crippen LogP) is 2.71. The highest BCUT2D eigenvalue weighted by molar-refractivity contribution is 5.79. The Morgan fingerprint density at radius 2 is 2.18 bits per heavy atom. The second-order valence-electron chi connectivity index (χ2n) is 3.28. The van der Waals surface area contributed by atoms with Crippen LogP contribution in [0.3, 0.4) is 0 Å². The zero-order chi connectivity index (χ0) is 8.10. The smallest absolute Gasteiger partial charge is 0.136 e. The number of Topliss-reactive ketones (excluding diaryl/α,β-unsaturated/α-hetero) is 1. The molecule has 11 heavy (non-hydrogen) atoms. The van der Waals surface area contributed by atoms with E-state index in [-0.39, 0.29) is 5.92 Å². The molecular weight excluding hydrogens is 136 g/mol. The Bertz CT molecular complexity index is 158. The number of hydrogen-bond donors (Lipinski definition) is 0. The molecule has 62 valence electrons. The Labute approximate surface area is 68.5 Å². The zero-order valence-corrected chi connectivity index (χ0v) is 7.18. The Hall–Kier alpha value is -0.590. The summed E-state index contributed by atoms with van der Waals surface area (Å²) < 4.78 is 0. The van der Waals surface area contributed by atoms with E-state index in [0.717, 1.165) is 12.8 Å². The van der Waals surface area contributed by atoms with Crippen molar-refractivity contribution in [1.29, 1.82) is 0 Å². The van der Waals surface area contributed by atoms with Crippen LogP contribution in [0.15, 0.2) is 12.2 Å². The van der Waals surface area contributed by atoms with E-state index in [1.165, 1.54) is 19.3 Å². The molecular formula is C10H16O. The van der Waals surface area contributed by atoms with Gasteiger partial charge in [0.15, 0.2) is 0 Å². The molecule has 0 aliphatic heterocycles. The number of rotatable bonds is 1. The molecule has 1 unspecified atom stereocenters. The van der Waals surface area contributed by atoms with Gasteiger partial charge in [0.1, 0.15) is 5.78 Å². The van der Waals surface area contributed by atoms with Crippen molar-refractivity contribution in [2.24, 2.45) is 5.92 Å². The van der Waals surface area contributed by atoms with Gasteiger partial charge in [0.05, 0.1) is 0 Å². The molecule has 0 aromatic carbocycles. The Morgan fingerprint density at radius 1 is 1.36 bits per heavy atom. The van der Waals surface area contributed by atoms with Crippen LogP contribution in [-0.2, 0) is 4.79 Å². The molecule has 0 amide bonds. The van der Waals surface area contributed by atoms with Crippen LogP contribution >= 0.6 is 0 Å². The molecule has 0 spiro atoms. The summed E-state index contributed by atoms with van der Waals surface area (Å²) in [5.41, 5.74) is 0. The lowest BCUT2D eigenvalue weighted by atomic mass is 9.94. The maximum atomic E-state index is 11.0. The minimum atomic E-state index is 0.218. The van der Waals surface area contributed by atoms with E-state index in [1.807, 2.05) is 0 Å². The largest absolute Gasteiger partial charge is 0.299 e. The highest BCUT2D eigenvalue weighted by atomic mass is 16.1. The third kappa shape index (κ3) is 2.87. The molecule has 0 N–H and O–H groups in total. The molecule has 1 aliphatic carbocycles. The molecule has 0 saturated heterocycles. The first-order chi connectivity index (χ1) is 5.30. The SMILES string of the molecule is CC(=O)C1/C=C/CCCCC1. The molecule has 0 aromatic heterocycles. The van der Waals surface area contributed by atoms with E-state index in [9.17, 15) is 4.79 Å². The molecule has 1 heteroatoms. The first-order valence-electron chi connectivity index (χ1n) is 4.48. The van der Waals surface area contributed by atoms with Crippen LogP contribution < -0.4 is 0 Å². The third-order valence-corrected chi connectivity index (χ3v) is 2.28. The van der Waals surface area contributed by atoms with Crippen molar-refractivity contribution in [1.82, 2.24) is 0 Å². The molecule has 1 aliphatic rings. The average molecular weight is 152 g/mol. The van der Waals surface area contributed by atoms with Crippen molar-refractivity contribution >= 4 is 5.78 Å². The van der Waals surface area contributed by atoms with Gasteiger partial charge in [-0.05, 0) is 26.2 Å². The first-order valence-corrected chi connectivity index (χ1v) is 4.48. The van der Waals surface area contributed by atoms with Gasteiger partial charge in [-0.25, -0.2) is 0 Å². The zero-order valence-electron chi connectivity index (χ0n) is 7.18. The summed E-state index contributed by atoms with van der Waals surface area (Å²) in [4.78, 5) is 11.0. The van der Waals surface area contributed by atoms with E-state index in [4.69, 9.17) is 0 Å². The van der Waals surface area contributed by atoms with Gasteiger partial charge in [-0.3, -0.25) is 4.79 Å². The highest BCUT2D eigenvalue weighted by Crippen LogP contribution is 2.17. The van der Waals surface area contributed by atoms with Gasteiger partial charge >= 0.3 is 0 Å². The van der Waals surface area contributed by atoms with Crippen molar-refractivity contribution in [3.8, 4) is 0 Å². The maximum absolute atomic E-state index is 11.0. The summed E-state index contributed by atoms with van der Waals surface area (Å²) >= 11 is 0. The van der Waals surface area contributed by atoms with Gasteiger partial charge < -0.3 is 0 Å². The molecule has 0 bridgehead atoms. The van der Waals surface area contributed by atoms with E-state index in [0.29, 0.717) is 5.78 Å². The molecule has 0 fully saturated rings. The summed E-state index contributed by atoms with van der Waals surface area (Å²) in [5.74, 6) is 0.540. The predicted molar refractivity (Wildman–Crippen MR) is 46.4 cm³/mol. The Kier molecular flexibility index (Phi) is 3.34. The van der Waals surface area contributed by atoms with Crippen molar-refractivity contribution < 1.29 is 4.79 Å². The number of carbonyl (C=O) groups excluding carboxylic acids is 1. The molecule has 1 atom stereocenters. The lowest BCUT2D eigenvalue weighted by Gasteiger charge is -2.10. The van der Waals surface area contributed by atoms with Gasteiger partial charge in [-0.15, -0.1) is 0 Å². The number of allylic oxidation sites excluding steroid dienone is 2. The van der Waals surface area contributed by atoms with Crippen LogP contribution in [0, 0.1) is 5.92 Å². The van der Waals surface area contributed by atoms with Crippen molar-refractivity contribution in [2.45, 2.75) is 39.0 Å². The molecule has 1 rings (SSSR count). The van der Waals surface area contributed by atoms with Gasteiger partial charge in [0.25, 0.3) is 0 Å².